The minimum atomic E-state index is 0.231. The molecule has 0 aromatic carbocycles. The summed E-state index contributed by atoms with van der Waals surface area (Å²) in [4.78, 5) is 15.4. The van der Waals surface area contributed by atoms with Crippen LogP contribution in [0.4, 0.5) is 0 Å². The van der Waals surface area contributed by atoms with Gasteiger partial charge >= 0.3 is 0 Å². The lowest BCUT2D eigenvalue weighted by molar-refractivity contribution is -0.134. The summed E-state index contributed by atoms with van der Waals surface area (Å²) in [6.45, 7) is 4.23. The largest absolute Gasteiger partial charge is 0.377 e. The number of amides is 1. The van der Waals surface area contributed by atoms with Crippen LogP contribution in [0.1, 0.15) is 12.8 Å². The zero-order chi connectivity index (χ0) is 9.97. The molecule has 0 aliphatic carbocycles. The Morgan fingerprint density at radius 2 is 2.36 bits per heavy atom. The summed E-state index contributed by atoms with van der Waals surface area (Å²) >= 11 is 0. The summed E-state index contributed by atoms with van der Waals surface area (Å²) in [7, 11) is 1.87. The van der Waals surface area contributed by atoms with Crippen LogP contribution in [-0.4, -0.2) is 61.6 Å². The van der Waals surface area contributed by atoms with Crippen LogP contribution in [0.25, 0.3) is 0 Å². The van der Waals surface area contributed by atoms with Crippen LogP contribution in [0.5, 0.6) is 0 Å². The number of likely N-dealkylation sites (N-methyl/N-ethyl adjacent to an activating group) is 1. The number of hydrogen-bond donors (Lipinski definition) is 0. The van der Waals surface area contributed by atoms with Crippen LogP contribution in [0.2, 0.25) is 0 Å². The number of ether oxygens (including phenoxy) is 1. The highest BCUT2D eigenvalue weighted by Gasteiger charge is 2.25. The SMILES string of the molecule is CN1CCN(CC2CCCO2)CC1=O. The minimum absolute atomic E-state index is 0.231. The van der Waals surface area contributed by atoms with Crippen LogP contribution in [0, 0.1) is 0 Å². The molecule has 2 fully saturated rings. The summed E-state index contributed by atoms with van der Waals surface area (Å²) in [6.07, 6.45) is 2.69. The average molecular weight is 198 g/mol. The molecule has 4 nitrogen and oxygen atoms in total. The number of carbonyl (C=O) groups is 1. The second-order valence-electron chi connectivity index (χ2n) is 4.19. The molecular formula is C10H18N2O2. The smallest absolute Gasteiger partial charge is 0.236 e. The Morgan fingerprint density at radius 3 is 3.00 bits per heavy atom. The highest BCUT2D eigenvalue weighted by Crippen LogP contribution is 2.14. The Hall–Kier alpha value is -0.610. The van der Waals surface area contributed by atoms with Gasteiger partial charge in [0, 0.05) is 33.3 Å². The Morgan fingerprint density at radius 1 is 1.50 bits per heavy atom. The van der Waals surface area contributed by atoms with Crippen molar-refractivity contribution < 1.29 is 9.53 Å². The van der Waals surface area contributed by atoms with Gasteiger partial charge in [0.15, 0.2) is 0 Å². The molecule has 1 atom stereocenters. The predicted molar refractivity (Wildman–Crippen MR) is 53.1 cm³/mol. The summed E-state index contributed by atoms with van der Waals surface area (Å²) in [5, 5.41) is 0. The Bertz CT molecular complexity index is 214. The van der Waals surface area contributed by atoms with Crippen molar-refractivity contribution in [3.05, 3.63) is 0 Å². The lowest BCUT2D eigenvalue weighted by Gasteiger charge is -2.33. The molecule has 2 aliphatic rings. The maximum absolute atomic E-state index is 11.4. The monoisotopic (exact) mass is 198 g/mol. The molecule has 80 valence electrons. The molecule has 1 unspecified atom stereocenters. The number of hydrogen-bond acceptors (Lipinski definition) is 3. The second kappa shape index (κ2) is 4.28. The zero-order valence-electron chi connectivity index (χ0n) is 8.74. The van der Waals surface area contributed by atoms with E-state index in [1.807, 2.05) is 7.05 Å². The third-order valence-corrected chi connectivity index (χ3v) is 3.02. The van der Waals surface area contributed by atoms with Crippen LogP contribution >= 0.6 is 0 Å². The van der Waals surface area contributed by atoms with Crippen molar-refractivity contribution >= 4 is 5.91 Å². The first-order valence-electron chi connectivity index (χ1n) is 5.33. The first kappa shape index (κ1) is 9.93. The Balaban J connectivity index is 1.78. The van der Waals surface area contributed by atoms with E-state index in [-0.39, 0.29) is 5.91 Å². The minimum Gasteiger partial charge on any atom is -0.377 e. The van der Waals surface area contributed by atoms with Gasteiger partial charge in [-0.25, -0.2) is 0 Å². The van der Waals surface area contributed by atoms with Crippen molar-refractivity contribution in [3.63, 3.8) is 0 Å². The normalized spacial score (nSPS) is 29.9. The van der Waals surface area contributed by atoms with E-state index in [1.165, 1.54) is 6.42 Å². The van der Waals surface area contributed by atoms with Gasteiger partial charge in [-0.3, -0.25) is 9.69 Å². The molecule has 2 saturated heterocycles. The van der Waals surface area contributed by atoms with Gasteiger partial charge < -0.3 is 9.64 Å². The van der Waals surface area contributed by atoms with Gasteiger partial charge in [-0.15, -0.1) is 0 Å². The fourth-order valence-electron chi connectivity index (χ4n) is 2.04. The summed E-state index contributed by atoms with van der Waals surface area (Å²) in [6, 6.07) is 0. The number of nitrogens with zero attached hydrogens (tertiary/aromatic N) is 2. The molecule has 2 aliphatic heterocycles. The van der Waals surface area contributed by atoms with Gasteiger partial charge in [-0.1, -0.05) is 0 Å². The van der Waals surface area contributed by atoms with Crippen molar-refractivity contribution in [1.29, 1.82) is 0 Å². The van der Waals surface area contributed by atoms with Crippen LogP contribution in [0.3, 0.4) is 0 Å². The quantitative estimate of drug-likeness (QED) is 0.623. The average Bonchev–Trinajstić information content (AvgIpc) is 2.64. The molecule has 0 radical (unpaired) electrons. The lowest BCUT2D eigenvalue weighted by atomic mass is 10.2. The summed E-state index contributed by atoms with van der Waals surface area (Å²) in [5.74, 6) is 0.231. The maximum atomic E-state index is 11.4. The van der Waals surface area contributed by atoms with E-state index in [2.05, 4.69) is 4.90 Å². The van der Waals surface area contributed by atoms with Gasteiger partial charge in [-0.05, 0) is 12.8 Å². The van der Waals surface area contributed by atoms with E-state index < -0.39 is 0 Å². The molecular weight excluding hydrogens is 180 g/mol. The van der Waals surface area contributed by atoms with Crippen molar-refractivity contribution in [3.8, 4) is 0 Å². The summed E-state index contributed by atoms with van der Waals surface area (Å²) < 4.78 is 5.55. The van der Waals surface area contributed by atoms with Gasteiger partial charge in [0.05, 0.1) is 12.6 Å². The molecule has 14 heavy (non-hydrogen) atoms. The van der Waals surface area contributed by atoms with E-state index in [9.17, 15) is 4.79 Å². The van der Waals surface area contributed by atoms with Gasteiger partial charge in [0.2, 0.25) is 5.91 Å². The van der Waals surface area contributed by atoms with Crippen LogP contribution in [-0.2, 0) is 9.53 Å². The fourth-order valence-corrected chi connectivity index (χ4v) is 2.04. The van der Waals surface area contributed by atoms with Gasteiger partial charge in [-0.2, -0.15) is 0 Å². The maximum Gasteiger partial charge on any atom is 0.236 e. The lowest BCUT2D eigenvalue weighted by Crippen LogP contribution is -2.50. The zero-order valence-corrected chi connectivity index (χ0v) is 8.74. The number of carbonyl (C=O) groups excluding carboxylic acids is 1. The van der Waals surface area contributed by atoms with E-state index in [0.29, 0.717) is 12.6 Å². The molecule has 0 saturated carbocycles. The Kier molecular flexibility index (Phi) is 3.03. The second-order valence-corrected chi connectivity index (χ2v) is 4.19. The summed E-state index contributed by atoms with van der Waals surface area (Å²) in [5.41, 5.74) is 0. The number of piperazine rings is 1. The Labute approximate surface area is 84.8 Å². The molecule has 0 spiro atoms. The van der Waals surface area contributed by atoms with E-state index >= 15 is 0 Å². The molecule has 4 heteroatoms. The van der Waals surface area contributed by atoms with E-state index in [4.69, 9.17) is 4.74 Å². The van der Waals surface area contributed by atoms with Gasteiger partial charge in [0.1, 0.15) is 0 Å². The topological polar surface area (TPSA) is 32.8 Å². The van der Waals surface area contributed by atoms with E-state index in [1.54, 1.807) is 4.90 Å². The van der Waals surface area contributed by atoms with Crippen molar-refractivity contribution in [2.45, 2.75) is 18.9 Å². The van der Waals surface area contributed by atoms with Crippen LogP contribution in [0.15, 0.2) is 0 Å². The van der Waals surface area contributed by atoms with Gasteiger partial charge in [0.25, 0.3) is 0 Å². The van der Waals surface area contributed by atoms with E-state index in [0.717, 1.165) is 32.7 Å². The molecule has 2 rings (SSSR count). The highest BCUT2D eigenvalue weighted by molar-refractivity contribution is 5.78. The molecule has 2 heterocycles. The molecule has 0 N–H and O–H groups in total. The highest BCUT2D eigenvalue weighted by atomic mass is 16.5. The van der Waals surface area contributed by atoms with Crippen LogP contribution < -0.4 is 0 Å². The molecule has 1 amide bonds. The molecule has 0 aromatic rings. The molecule has 0 aromatic heterocycles. The first-order valence-corrected chi connectivity index (χ1v) is 5.33. The van der Waals surface area contributed by atoms with Crippen molar-refractivity contribution in [1.82, 2.24) is 9.80 Å². The number of rotatable bonds is 2. The predicted octanol–water partition coefficient (Wildman–Crippen LogP) is -0.0606. The third kappa shape index (κ3) is 2.25. The first-order chi connectivity index (χ1) is 6.75. The molecule has 0 bridgehead atoms. The third-order valence-electron chi connectivity index (χ3n) is 3.02. The van der Waals surface area contributed by atoms with Crippen molar-refractivity contribution in [2.24, 2.45) is 0 Å². The fraction of sp³-hybridized carbons (Fsp3) is 0.900. The van der Waals surface area contributed by atoms with Crippen molar-refractivity contribution in [2.75, 3.05) is 39.8 Å². The standard InChI is InChI=1S/C10H18N2O2/c1-11-4-5-12(8-10(11)13)7-9-3-2-6-14-9/h9H,2-8H2,1H3.